The Labute approximate surface area is 159 Å². The minimum absolute atomic E-state index is 0.0218. The van der Waals surface area contributed by atoms with Crippen LogP contribution in [0.5, 0.6) is 0 Å². The standard InChI is InChI=1S/C22H25N3O2/c26-21(24-12-17-4-3-9-23-11-17)20-10-22(15-27-20)19-6-2-1-5-18(19)14-25(22)13-16-7-8-16/h1-6,9,11,16,20H,7-8,10,12-15H2,(H,24,26). The van der Waals surface area contributed by atoms with Gasteiger partial charge in [0.2, 0.25) is 5.91 Å². The van der Waals surface area contributed by atoms with Gasteiger partial charge in [-0.2, -0.15) is 0 Å². The van der Waals surface area contributed by atoms with Gasteiger partial charge in [0.05, 0.1) is 12.1 Å². The van der Waals surface area contributed by atoms with Crippen LogP contribution in [0.2, 0.25) is 0 Å². The van der Waals surface area contributed by atoms with Crippen molar-refractivity contribution >= 4 is 5.91 Å². The summed E-state index contributed by atoms with van der Waals surface area (Å²) < 4.78 is 6.06. The summed E-state index contributed by atoms with van der Waals surface area (Å²) in [6, 6.07) is 12.5. The lowest BCUT2D eigenvalue weighted by Gasteiger charge is -2.34. The van der Waals surface area contributed by atoms with Gasteiger partial charge in [0.15, 0.2) is 0 Å². The SMILES string of the molecule is O=C(NCc1cccnc1)C1CC2(CO1)c1ccccc1CN2CC1CC1. The molecule has 1 spiro atoms. The molecule has 1 N–H and O–H groups in total. The summed E-state index contributed by atoms with van der Waals surface area (Å²) in [5.74, 6) is 0.793. The van der Waals surface area contributed by atoms with Gasteiger partial charge in [-0.25, -0.2) is 0 Å². The second kappa shape index (κ2) is 6.73. The minimum Gasteiger partial charge on any atom is -0.366 e. The Hall–Kier alpha value is -2.24. The van der Waals surface area contributed by atoms with E-state index in [-0.39, 0.29) is 11.4 Å². The first-order chi connectivity index (χ1) is 13.2. The topological polar surface area (TPSA) is 54.5 Å². The number of carbonyl (C=O) groups is 1. The number of nitrogens with zero attached hydrogens (tertiary/aromatic N) is 2. The van der Waals surface area contributed by atoms with Crippen LogP contribution in [0.3, 0.4) is 0 Å². The third-order valence-electron chi connectivity index (χ3n) is 6.19. The van der Waals surface area contributed by atoms with Crippen molar-refractivity contribution in [1.29, 1.82) is 0 Å². The molecular formula is C22H25N3O2. The highest BCUT2D eigenvalue weighted by Crippen LogP contribution is 2.48. The Morgan fingerprint density at radius 3 is 2.96 bits per heavy atom. The highest BCUT2D eigenvalue weighted by Gasteiger charge is 2.53. The zero-order valence-corrected chi connectivity index (χ0v) is 15.4. The molecule has 1 amide bonds. The van der Waals surface area contributed by atoms with Crippen LogP contribution < -0.4 is 5.32 Å². The third kappa shape index (κ3) is 3.15. The molecule has 0 radical (unpaired) electrons. The summed E-state index contributed by atoms with van der Waals surface area (Å²) >= 11 is 0. The van der Waals surface area contributed by atoms with Gasteiger partial charge in [-0.3, -0.25) is 14.7 Å². The van der Waals surface area contributed by atoms with Gasteiger partial charge >= 0.3 is 0 Å². The number of hydrogen-bond acceptors (Lipinski definition) is 4. The average Bonchev–Trinajstić information content (AvgIpc) is 3.33. The normalized spacial score (nSPS) is 27.0. The van der Waals surface area contributed by atoms with Crippen molar-refractivity contribution in [2.75, 3.05) is 13.2 Å². The first-order valence-corrected chi connectivity index (χ1v) is 9.86. The van der Waals surface area contributed by atoms with E-state index in [4.69, 9.17) is 4.74 Å². The fraction of sp³-hybridized carbons (Fsp3) is 0.455. The van der Waals surface area contributed by atoms with E-state index >= 15 is 0 Å². The van der Waals surface area contributed by atoms with Gasteiger partial charge in [0.25, 0.3) is 0 Å². The Balaban J connectivity index is 1.32. The fourth-order valence-corrected chi connectivity index (χ4v) is 4.54. The van der Waals surface area contributed by atoms with Crippen molar-refractivity contribution in [3.05, 3.63) is 65.5 Å². The van der Waals surface area contributed by atoms with Gasteiger partial charge < -0.3 is 10.1 Å². The molecule has 1 saturated carbocycles. The van der Waals surface area contributed by atoms with Crippen molar-refractivity contribution < 1.29 is 9.53 Å². The van der Waals surface area contributed by atoms with E-state index in [9.17, 15) is 4.79 Å². The maximum absolute atomic E-state index is 12.7. The minimum atomic E-state index is -0.394. The van der Waals surface area contributed by atoms with E-state index in [1.54, 1.807) is 12.4 Å². The highest BCUT2D eigenvalue weighted by atomic mass is 16.5. The molecule has 3 aliphatic rings. The predicted molar refractivity (Wildman–Crippen MR) is 102 cm³/mol. The molecule has 5 heteroatoms. The third-order valence-corrected chi connectivity index (χ3v) is 6.19. The lowest BCUT2D eigenvalue weighted by atomic mass is 9.86. The first kappa shape index (κ1) is 16.9. The number of aromatic nitrogens is 1. The number of ether oxygens (including phenoxy) is 1. The van der Waals surface area contributed by atoms with E-state index in [1.165, 1.54) is 24.0 Å². The average molecular weight is 363 g/mol. The number of rotatable bonds is 5. The van der Waals surface area contributed by atoms with Crippen LogP contribution in [0.25, 0.3) is 0 Å². The Morgan fingerprint density at radius 1 is 1.26 bits per heavy atom. The summed E-state index contributed by atoms with van der Waals surface area (Å²) in [6.07, 6.45) is 6.52. The molecule has 1 aromatic heterocycles. The number of nitrogens with one attached hydrogen (secondary N) is 1. The number of amides is 1. The molecular weight excluding hydrogens is 338 g/mol. The maximum atomic E-state index is 12.7. The van der Waals surface area contributed by atoms with Gasteiger partial charge in [-0.05, 0) is 41.5 Å². The van der Waals surface area contributed by atoms with Crippen molar-refractivity contribution in [3.8, 4) is 0 Å². The molecule has 1 saturated heterocycles. The zero-order valence-electron chi connectivity index (χ0n) is 15.4. The zero-order chi connectivity index (χ0) is 18.3. The Bertz CT molecular complexity index is 836. The number of hydrogen-bond donors (Lipinski definition) is 1. The summed E-state index contributed by atoms with van der Waals surface area (Å²) in [5.41, 5.74) is 3.60. The summed E-state index contributed by atoms with van der Waals surface area (Å²) in [6.45, 7) is 3.17. The van der Waals surface area contributed by atoms with Crippen molar-refractivity contribution in [2.45, 2.75) is 44.0 Å². The molecule has 0 bridgehead atoms. The predicted octanol–water partition coefficient (Wildman–Crippen LogP) is 2.61. The monoisotopic (exact) mass is 363 g/mol. The maximum Gasteiger partial charge on any atom is 0.249 e. The van der Waals surface area contributed by atoms with Crippen LogP contribution in [-0.2, 0) is 28.2 Å². The Morgan fingerprint density at radius 2 is 2.15 bits per heavy atom. The van der Waals surface area contributed by atoms with E-state index in [0.717, 1.165) is 31.0 Å². The molecule has 1 aromatic carbocycles. The molecule has 2 aliphatic heterocycles. The van der Waals surface area contributed by atoms with E-state index < -0.39 is 6.10 Å². The summed E-state index contributed by atoms with van der Waals surface area (Å²) in [7, 11) is 0. The van der Waals surface area contributed by atoms with Crippen LogP contribution in [0.15, 0.2) is 48.8 Å². The number of carbonyl (C=O) groups excluding carboxylic acids is 1. The number of pyridine rings is 1. The lowest BCUT2D eigenvalue weighted by Crippen LogP contribution is -2.43. The van der Waals surface area contributed by atoms with Gasteiger partial charge in [0, 0.05) is 38.4 Å². The van der Waals surface area contributed by atoms with Crippen molar-refractivity contribution in [1.82, 2.24) is 15.2 Å². The first-order valence-electron chi connectivity index (χ1n) is 9.86. The van der Waals surface area contributed by atoms with E-state index in [2.05, 4.69) is 39.5 Å². The van der Waals surface area contributed by atoms with Crippen LogP contribution in [0.4, 0.5) is 0 Å². The molecule has 5 nitrogen and oxygen atoms in total. The summed E-state index contributed by atoms with van der Waals surface area (Å²) in [4.78, 5) is 19.4. The quantitative estimate of drug-likeness (QED) is 0.887. The van der Waals surface area contributed by atoms with Crippen molar-refractivity contribution in [2.24, 2.45) is 5.92 Å². The molecule has 2 fully saturated rings. The van der Waals surface area contributed by atoms with E-state index in [1.807, 2.05) is 12.1 Å². The molecule has 1 aliphatic carbocycles. The second-order valence-corrected chi connectivity index (χ2v) is 8.10. The van der Waals surface area contributed by atoms with Crippen LogP contribution in [0.1, 0.15) is 36.0 Å². The van der Waals surface area contributed by atoms with Crippen molar-refractivity contribution in [3.63, 3.8) is 0 Å². The van der Waals surface area contributed by atoms with Crippen LogP contribution >= 0.6 is 0 Å². The molecule has 3 heterocycles. The van der Waals surface area contributed by atoms with Crippen LogP contribution in [-0.4, -0.2) is 35.0 Å². The smallest absolute Gasteiger partial charge is 0.249 e. The molecule has 140 valence electrons. The second-order valence-electron chi connectivity index (χ2n) is 8.10. The molecule has 2 unspecified atom stereocenters. The number of benzene rings is 1. The number of fused-ring (bicyclic) bond motifs is 2. The largest absolute Gasteiger partial charge is 0.366 e. The lowest BCUT2D eigenvalue weighted by molar-refractivity contribution is -0.130. The van der Waals surface area contributed by atoms with Gasteiger partial charge in [-0.15, -0.1) is 0 Å². The van der Waals surface area contributed by atoms with Crippen LogP contribution in [0, 0.1) is 5.92 Å². The molecule has 5 rings (SSSR count). The van der Waals surface area contributed by atoms with E-state index in [0.29, 0.717) is 13.2 Å². The molecule has 27 heavy (non-hydrogen) atoms. The highest BCUT2D eigenvalue weighted by molar-refractivity contribution is 5.81. The summed E-state index contributed by atoms with van der Waals surface area (Å²) in [5, 5.41) is 3.02. The molecule has 2 atom stereocenters. The fourth-order valence-electron chi connectivity index (χ4n) is 4.54. The van der Waals surface area contributed by atoms with Gasteiger partial charge in [-0.1, -0.05) is 30.3 Å². The van der Waals surface area contributed by atoms with Gasteiger partial charge in [0.1, 0.15) is 6.10 Å². The molecule has 2 aromatic rings. The Kier molecular flexibility index (Phi) is 4.21.